The first-order chi connectivity index (χ1) is 15.0. The third kappa shape index (κ3) is 9.60. The Morgan fingerprint density at radius 3 is 1.84 bits per heavy atom. The number of aliphatic hydroxyl groups is 1. The maximum Gasteiger partial charge on any atom is 0.303 e. The third-order valence-electron chi connectivity index (χ3n) is 4.40. The van der Waals surface area contributed by atoms with E-state index in [9.17, 15) is 24.0 Å². The summed E-state index contributed by atoms with van der Waals surface area (Å²) in [5.41, 5.74) is 0. The highest BCUT2D eigenvalue weighted by Gasteiger charge is 2.51. The van der Waals surface area contributed by atoms with Crippen LogP contribution in [0.1, 0.15) is 47.0 Å². The van der Waals surface area contributed by atoms with Crippen LogP contribution in [0.15, 0.2) is 0 Å². The zero-order valence-corrected chi connectivity index (χ0v) is 18.7. The molecule has 2 N–H and O–H groups in total. The second kappa shape index (κ2) is 13.6. The van der Waals surface area contributed by atoms with Crippen molar-refractivity contribution < 1.29 is 52.8 Å². The Kier molecular flexibility index (Phi) is 11.6. The summed E-state index contributed by atoms with van der Waals surface area (Å²) in [6.45, 7) is 4.50. The fraction of sp³-hybridized carbons (Fsp3) is 0.750. The largest absolute Gasteiger partial charge is 0.463 e. The minimum atomic E-state index is -1.25. The molecule has 1 aliphatic rings. The minimum Gasteiger partial charge on any atom is -0.463 e. The molecular formula is C20H31NO11. The Labute approximate surface area is 185 Å². The van der Waals surface area contributed by atoms with Crippen molar-refractivity contribution in [1.82, 2.24) is 5.32 Å². The van der Waals surface area contributed by atoms with Gasteiger partial charge in [-0.15, -0.1) is 0 Å². The standard InChI is InChI=1S/C20H31NO11/c1-11(23)28-10-16-19(30-13(3)25)20(31-14(4)26)18(29-12(2)24)15(32-16)6-7-17(27)21-8-5-9-22/h15-16,18-20,22H,5-10H2,1-4H3,(H,21,27)/t15-,16-,18+,19-,20-/m1/s1. The van der Waals surface area contributed by atoms with Gasteiger partial charge in [-0.05, 0) is 12.8 Å². The van der Waals surface area contributed by atoms with Gasteiger partial charge in [-0.3, -0.25) is 24.0 Å². The lowest BCUT2D eigenvalue weighted by Crippen LogP contribution is -2.62. The van der Waals surface area contributed by atoms with Crippen LogP contribution in [0, 0.1) is 0 Å². The zero-order valence-electron chi connectivity index (χ0n) is 18.7. The molecule has 12 heteroatoms. The maximum absolute atomic E-state index is 12.1. The van der Waals surface area contributed by atoms with E-state index < -0.39 is 54.4 Å². The van der Waals surface area contributed by atoms with E-state index in [2.05, 4.69) is 5.32 Å². The van der Waals surface area contributed by atoms with E-state index >= 15 is 0 Å². The Bertz CT molecular complexity index is 680. The Hall–Kier alpha value is -2.73. The molecule has 1 rings (SSSR count). The lowest BCUT2D eigenvalue weighted by atomic mass is 9.91. The summed E-state index contributed by atoms with van der Waals surface area (Å²) in [5.74, 6) is -3.08. The molecule has 1 heterocycles. The molecular weight excluding hydrogens is 430 g/mol. The first-order valence-corrected chi connectivity index (χ1v) is 10.2. The predicted octanol–water partition coefficient (Wildman–Crippen LogP) is -0.609. The number of carbonyl (C=O) groups is 5. The molecule has 1 fully saturated rings. The molecule has 32 heavy (non-hydrogen) atoms. The van der Waals surface area contributed by atoms with Gasteiger partial charge in [0.1, 0.15) is 12.7 Å². The van der Waals surface area contributed by atoms with Crippen LogP contribution in [-0.2, 0) is 47.7 Å². The quantitative estimate of drug-likeness (QED) is 0.229. The fourth-order valence-electron chi connectivity index (χ4n) is 3.22. The van der Waals surface area contributed by atoms with Crippen LogP contribution >= 0.6 is 0 Å². The number of hydrogen-bond acceptors (Lipinski definition) is 11. The molecule has 0 spiro atoms. The molecule has 182 valence electrons. The van der Waals surface area contributed by atoms with Crippen LogP contribution in [0.3, 0.4) is 0 Å². The lowest BCUT2D eigenvalue weighted by molar-refractivity contribution is -0.253. The molecule has 1 aliphatic heterocycles. The number of aliphatic hydroxyl groups excluding tert-OH is 1. The van der Waals surface area contributed by atoms with Crippen molar-refractivity contribution in [2.75, 3.05) is 19.8 Å². The summed E-state index contributed by atoms with van der Waals surface area (Å²) in [5, 5.41) is 11.4. The molecule has 5 atom stereocenters. The molecule has 0 radical (unpaired) electrons. The molecule has 0 aromatic heterocycles. The van der Waals surface area contributed by atoms with Crippen LogP contribution in [0.2, 0.25) is 0 Å². The average molecular weight is 461 g/mol. The van der Waals surface area contributed by atoms with Crippen molar-refractivity contribution >= 4 is 29.8 Å². The summed E-state index contributed by atoms with van der Waals surface area (Å²) in [6, 6.07) is 0. The molecule has 0 aromatic rings. The monoisotopic (exact) mass is 461 g/mol. The van der Waals surface area contributed by atoms with E-state index in [1.165, 1.54) is 6.92 Å². The predicted molar refractivity (Wildman–Crippen MR) is 106 cm³/mol. The second-order valence-electron chi connectivity index (χ2n) is 7.20. The highest BCUT2D eigenvalue weighted by Crippen LogP contribution is 2.31. The van der Waals surface area contributed by atoms with Crippen molar-refractivity contribution in [2.24, 2.45) is 0 Å². The summed E-state index contributed by atoms with van der Waals surface area (Å²) in [4.78, 5) is 58.5. The van der Waals surface area contributed by atoms with Gasteiger partial charge in [0, 0.05) is 47.3 Å². The number of ether oxygens (including phenoxy) is 5. The van der Waals surface area contributed by atoms with Crippen molar-refractivity contribution in [3.05, 3.63) is 0 Å². The Balaban J connectivity index is 3.15. The van der Waals surface area contributed by atoms with Gasteiger partial charge in [0.05, 0.1) is 6.10 Å². The van der Waals surface area contributed by atoms with Gasteiger partial charge in [0.25, 0.3) is 0 Å². The Morgan fingerprint density at radius 1 is 0.812 bits per heavy atom. The van der Waals surface area contributed by atoms with Gasteiger partial charge < -0.3 is 34.1 Å². The van der Waals surface area contributed by atoms with E-state index in [1.54, 1.807) is 0 Å². The summed E-state index contributed by atoms with van der Waals surface area (Å²) < 4.78 is 26.8. The van der Waals surface area contributed by atoms with Gasteiger partial charge >= 0.3 is 23.9 Å². The summed E-state index contributed by atoms with van der Waals surface area (Å²) in [6.07, 6.45) is -5.21. The minimum absolute atomic E-state index is 0.0286. The maximum atomic E-state index is 12.1. The number of rotatable bonds is 11. The average Bonchev–Trinajstić information content (AvgIpc) is 2.67. The van der Waals surface area contributed by atoms with Gasteiger partial charge in [-0.1, -0.05) is 0 Å². The van der Waals surface area contributed by atoms with E-state index in [-0.39, 0.29) is 38.5 Å². The first kappa shape index (κ1) is 27.3. The van der Waals surface area contributed by atoms with Gasteiger partial charge in [-0.2, -0.15) is 0 Å². The molecule has 0 bridgehead atoms. The normalized spacial score (nSPS) is 24.7. The summed E-state index contributed by atoms with van der Waals surface area (Å²) in [7, 11) is 0. The number of hydrogen-bond donors (Lipinski definition) is 2. The van der Waals surface area contributed by atoms with Crippen molar-refractivity contribution in [3.8, 4) is 0 Å². The second-order valence-corrected chi connectivity index (χ2v) is 7.20. The van der Waals surface area contributed by atoms with Crippen LogP contribution in [-0.4, -0.2) is 85.2 Å². The topological polar surface area (TPSA) is 164 Å². The highest BCUT2D eigenvalue weighted by molar-refractivity contribution is 5.75. The molecule has 0 saturated carbocycles. The van der Waals surface area contributed by atoms with E-state index in [4.69, 9.17) is 28.8 Å². The first-order valence-electron chi connectivity index (χ1n) is 10.2. The van der Waals surface area contributed by atoms with Crippen LogP contribution < -0.4 is 5.32 Å². The highest BCUT2D eigenvalue weighted by atomic mass is 16.7. The Morgan fingerprint density at radius 2 is 1.34 bits per heavy atom. The SMILES string of the molecule is CC(=O)OC[C@H]1O[C@H](CCC(=O)NCCCO)[C@H](OC(C)=O)[C@@H](OC(C)=O)[C@@H]1OC(C)=O. The lowest BCUT2D eigenvalue weighted by Gasteiger charge is -2.44. The van der Waals surface area contributed by atoms with Crippen LogP contribution in [0.5, 0.6) is 0 Å². The number of carbonyl (C=O) groups excluding carboxylic acids is 5. The number of nitrogens with one attached hydrogen (secondary N) is 1. The molecule has 1 amide bonds. The van der Waals surface area contributed by atoms with Crippen molar-refractivity contribution in [3.63, 3.8) is 0 Å². The van der Waals surface area contributed by atoms with Gasteiger partial charge in [0.15, 0.2) is 18.3 Å². The van der Waals surface area contributed by atoms with E-state index in [0.717, 1.165) is 20.8 Å². The molecule has 12 nitrogen and oxygen atoms in total. The van der Waals surface area contributed by atoms with E-state index in [1.807, 2.05) is 0 Å². The third-order valence-corrected chi connectivity index (χ3v) is 4.40. The molecule has 0 aliphatic carbocycles. The van der Waals surface area contributed by atoms with Gasteiger partial charge in [0.2, 0.25) is 5.91 Å². The number of esters is 4. The molecule has 1 saturated heterocycles. The van der Waals surface area contributed by atoms with Crippen LogP contribution in [0.25, 0.3) is 0 Å². The molecule has 0 aromatic carbocycles. The van der Waals surface area contributed by atoms with Gasteiger partial charge in [-0.25, -0.2) is 0 Å². The summed E-state index contributed by atoms with van der Waals surface area (Å²) >= 11 is 0. The fourth-order valence-corrected chi connectivity index (χ4v) is 3.22. The molecule has 0 unspecified atom stereocenters. The zero-order chi connectivity index (χ0) is 24.3. The van der Waals surface area contributed by atoms with Crippen molar-refractivity contribution in [2.45, 2.75) is 77.5 Å². The van der Waals surface area contributed by atoms with Crippen molar-refractivity contribution in [1.29, 1.82) is 0 Å². The van der Waals surface area contributed by atoms with Crippen LogP contribution in [0.4, 0.5) is 0 Å². The smallest absolute Gasteiger partial charge is 0.303 e. The van der Waals surface area contributed by atoms with E-state index in [0.29, 0.717) is 6.42 Å². The number of amides is 1.